The standard InChI is InChI=1S/C17H24N2O/c1-13-3-2-4-14(11-13)12-17(20)18-15-7-9-19(10-8-15)16-5-6-16/h2-4,11,15-16H,5-10,12H2,1H3,(H,18,20). The van der Waals surface area contributed by atoms with Crippen LogP contribution in [0.2, 0.25) is 0 Å². The van der Waals surface area contributed by atoms with Gasteiger partial charge in [0.05, 0.1) is 6.42 Å². The minimum atomic E-state index is 0.167. The fourth-order valence-electron chi connectivity index (χ4n) is 3.13. The number of amides is 1. The first-order valence-corrected chi connectivity index (χ1v) is 7.79. The number of benzene rings is 1. The minimum Gasteiger partial charge on any atom is -0.353 e. The zero-order valence-electron chi connectivity index (χ0n) is 12.3. The lowest BCUT2D eigenvalue weighted by Gasteiger charge is -2.32. The molecule has 2 aliphatic rings. The van der Waals surface area contributed by atoms with Crippen molar-refractivity contribution in [1.82, 2.24) is 10.2 Å². The topological polar surface area (TPSA) is 32.3 Å². The maximum absolute atomic E-state index is 12.1. The Labute approximate surface area is 121 Å². The van der Waals surface area contributed by atoms with Gasteiger partial charge >= 0.3 is 0 Å². The van der Waals surface area contributed by atoms with E-state index in [-0.39, 0.29) is 5.91 Å². The molecule has 0 aromatic heterocycles. The van der Waals surface area contributed by atoms with Gasteiger partial charge in [0.2, 0.25) is 5.91 Å². The third-order valence-electron chi connectivity index (χ3n) is 4.41. The van der Waals surface area contributed by atoms with Crippen molar-refractivity contribution in [2.45, 2.75) is 51.1 Å². The van der Waals surface area contributed by atoms with Crippen LogP contribution in [0.4, 0.5) is 0 Å². The molecule has 0 unspecified atom stereocenters. The second-order valence-electron chi connectivity index (χ2n) is 6.27. The van der Waals surface area contributed by atoms with Crippen LogP contribution in [0.3, 0.4) is 0 Å². The first-order chi connectivity index (χ1) is 9.70. The molecule has 3 heteroatoms. The van der Waals surface area contributed by atoms with Gasteiger partial charge in [-0.3, -0.25) is 4.79 Å². The Balaban J connectivity index is 1.44. The molecule has 108 valence electrons. The largest absolute Gasteiger partial charge is 0.353 e. The second-order valence-corrected chi connectivity index (χ2v) is 6.27. The zero-order chi connectivity index (χ0) is 13.9. The summed E-state index contributed by atoms with van der Waals surface area (Å²) in [6.07, 6.45) is 5.48. The van der Waals surface area contributed by atoms with Crippen molar-refractivity contribution in [3.05, 3.63) is 35.4 Å². The van der Waals surface area contributed by atoms with Gasteiger partial charge in [0, 0.05) is 25.2 Å². The van der Waals surface area contributed by atoms with E-state index in [0.717, 1.165) is 37.5 Å². The van der Waals surface area contributed by atoms with Crippen LogP contribution in [0, 0.1) is 6.92 Å². The quantitative estimate of drug-likeness (QED) is 0.912. The maximum Gasteiger partial charge on any atom is 0.224 e. The SMILES string of the molecule is Cc1cccc(CC(=O)NC2CCN(C3CC3)CC2)c1. The van der Waals surface area contributed by atoms with Crippen molar-refractivity contribution in [1.29, 1.82) is 0 Å². The zero-order valence-corrected chi connectivity index (χ0v) is 12.3. The van der Waals surface area contributed by atoms with Gasteiger partial charge in [0.1, 0.15) is 0 Å². The predicted octanol–water partition coefficient (Wildman–Crippen LogP) is 2.28. The summed E-state index contributed by atoms with van der Waals surface area (Å²) in [6, 6.07) is 9.44. The highest BCUT2D eigenvalue weighted by molar-refractivity contribution is 5.78. The Bertz CT molecular complexity index is 474. The molecule has 0 spiro atoms. The summed E-state index contributed by atoms with van der Waals surface area (Å²) in [5.41, 5.74) is 2.32. The summed E-state index contributed by atoms with van der Waals surface area (Å²) >= 11 is 0. The number of aryl methyl sites for hydroxylation is 1. The van der Waals surface area contributed by atoms with Gasteiger partial charge in [0.15, 0.2) is 0 Å². The van der Waals surface area contributed by atoms with Gasteiger partial charge < -0.3 is 10.2 Å². The molecule has 0 radical (unpaired) electrons. The van der Waals surface area contributed by atoms with E-state index in [1.165, 1.54) is 18.4 Å². The minimum absolute atomic E-state index is 0.167. The van der Waals surface area contributed by atoms with E-state index in [9.17, 15) is 4.79 Å². The molecule has 1 aromatic carbocycles. The molecule has 1 aromatic rings. The molecule has 1 heterocycles. The number of hydrogen-bond donors (Lipinski definition) is 1. The van der Waals surface area contributed by atoms with Gasteiger partial charge in [-0.05, 0) is 38.2 Å². The number of likely N-dealkylation sites (tertiary alicyclic amines) is 1. The van der Waals surface area contributed by atoms with Crippen LogP contribution in [0.15, 0.2) is 24.3 Å². The van der Waals surface area contributed by atoms with Gasteiger partial charge in [-0.2, -0.15) is 0 Å². The monoisotopic (exact) mass is 272 g/mol. The van der Waals surface area contributed by atoms with Gasteiger partial charge in [0.25, 0.3) is 0 Å². The summed E-state index contributed by atoms with van der Waals surface area (Å²) in [5.74, 6) is 0.167. The highest BCUT2D eigenvalue weighted by atomic mass is 16.1. The lowest BCUT2D eigenvalue weighted by Crippen LogP contribution is -2.45. The fourth-order valence-corrected chi connectivity index (χ4v) is 3.13. The Kier molecular flexibility index (Phi) is 4.06. The molecule has 1 N–H and O–H groups in total. The van der Waals surface area contributed by atoms with Crippen molar-refractivity contribution in [3.63, 3.8) is 0 Å². The van der Waals surface area contributed by atoms with E-state index in [2.05, 4.69) is 29.3 Å². The highest BCUT2D eigenvalue weighted by Gasteiger charge is 2.31. The molecular weight excluding hydrogens is 248 g/mol. The molecule has 3 rings (SSSR count). The van der Waals surface area contributed by atoms with Crippen LogP contribution in [-0.4, -0.2) is 36.0 Å². The Morgan fingerprint density at radius 1 is 1.25 bits per heavy atom. The summed E-state index contributed by atoms with van der Waals surface area (Å²) in [7, 11) is 0. The molecule has 2 fully saturated rings. The first kappa shape index (κ1) is 13.6. The van der Waals surface area contributed by atoms with Crippen molar-refractivity contribution in [2.24, 2.45) is 0 Å². The average Bonchev–Trinajstić information content (AvgIpc) is 3.24. The fraction of sp³-hybridized carbons (Fsp3) is 0.588. The highest BCUT2D eigenvalue weighted by Crippen LogP contribution is 2.29. The lowest BCUT2D eigenvalue weighted by atomic mass is 10.0. The third-order valence-corrected chi connectivity index (χ3v) is 4.41. The van der Waals surface area contributed by atoms with Crippen LogP contribution in [-0.2, 0) is 11.2 Å². The normalized spacial score (nSPS) is 20.9. The Morgan fingerprint density at radius 2 is 2.00 bits per heavy atom. The number of hydrogen-bond acceptors (Lipinski definition) is 2. The number of nitrogens with one attached hydrogen (secondary N) is 1. The predicted molar refractivity (Wildman–Crippen MR) is 80.6 cm³/mol. The number of nitrogens with zero attached hydrogens (tertiary/aromatic N) is 1. The van der Waals surface area contributed by atoms with E-state index in [4.69, 9.17) is 0 Å². The summed E-state index contributed by atoms with van der Waals surface area (Å²) in [4.78, 5) is 14.7. The molecule has 0 bridgehead atoms. The lowest BCUT2D eigenvalue weighted by molar-refractivity contribution is -0.121. The molecule has 1 amide bonds. The molecule has 1 aliphatic carbocycles. The Morgan fingerprint density at radius 3 is 2.65 bits per heavy atom. The molecule has 1 saturated carbocycles. The maximum atomic E-state index is 12.1. The van der Waals surface area contributed by atoms with Crippen molar-refractivity contribution in [2.75, 3.05) is 13.1 Å². The number of piperidine rings is 1. The van der Waals surface area contributed by atoms with E-state index < -0.39 is 0 Å². The number of rotatable bonds is 4. The number of carbonyl (C=O) groups is 1. The summed E-state index contributed by atoms with van der Waals surface area (Å²) in [6.45, 7) is 4.37. The summed E-state index contributed by atoms with van der Waals surface area (Å²) in [5, 5.41) is 3.20. The van der Waals surface area contributed by atoms with Crippen LogP contribution in [0.25, 0.3) is 0 Å². The smallest absolute Gasteiger partial charge is 0.224 e. The average molecular weight is 272 g/mol. The molecule has 1 saturated heterocycles. The van der Waals surface area contributed by atoms with Gasteiger partial charge in [-0.25, -0.2) is 0 Å². The van der Waals surface area contributed by atoms with Gasteiger partial charge in [-0.15, -0.1) is 0 Å². The number of carbonyl (C=O) groups excluding carboxylic acids is 1. The Hall–Kier alpha value is -1.35. The van der Waals surface area contributed by atoms with E-state index in [0.29, 0.717) is 12.5 Å². The van der Waals surface area contributed by atoms with E-state index >= 15 is 0 Å². The molecule has 3 nitrogen and oxygen atoms in total. The van der Waals surface area contributed by atoms with Crippen molar-refractivity contribution >= 4 is 5.91 Å². The molecule has 20 heavy (non-hydrogen) atoms. The van der Waals surface area contributed by atoms with Crippen LogP contribution < -0.4 is 5.32 Å². The second kappa shape index (κ2) is 5.96. The van der Waals surface area contributed by atoms with Gasteiger partial charge in [-0.1, -0.05) is 29.8 Å². The van der Waals surface area contributed by atoms with Crippen LogP contribution in [0.1, 0.15) is 36.8 Å². The van der Waals surface area contributed by atoms with Crippen molar-refractivity contribution < 1.29 is 4.79 Å². The third kappa shape index (κ3) is 3.60. The van der Waals surface area contributed by atoms with E-state index in [1.807, 2.05) is 12.1 Å². The van der Waals surface area contributed by atoms with Crippen molar-refractivity contribution in [3.8, 4) is 0 Å². The van der Waals surface area contributed by atoms with Crippen LogP contribution in [0.5, 0.6) is 0 Å². The molecule has 1 aliphatic heterocycles. The first-order valence-electron chi connectivity index (χ1n) is 7.79. The summed E-state index contributed by atoms with van der Waals surface area (Å²) < 4.78 is 0. The van der Waals surface area contributed by atoms with Crippen LogP contribution >= 0.6 is 0 Å². The van der Waals surface area contributed by atoms with E-state index in [1.54, 1.807) is 0 Å². The molecular formula is C17H24N2O. The molecule has 0 atom stereocenters.